The summed E-state index contributed by atoms with van der Waals surface area (Å²) in [5.74, 6) is -0.688. The number of rotatable bonds is 4. The standard InChI is InChI=1S/C16H24O4/c1-10(2)19-15(17)13-8-6-7-12(5)9-14(13)16(18)20-11(3)4/h8-12H,6-7H2,1-5H3. The van der Waals surface area contributed by atoms with Crippen LogP contribution in [-0.4, -0.2) is 24.1 Å². The van der Waals surface area contributed by atoms with Crippen LogP contribution in [0.1, 0.15) is 47.5 Å². The van der Waals surface area contributed by atoms with Crippen molar-refractivity contribution in [3.63, 3.8) is 0 Å². The van der Waals surface area contributed by atoms with Crippen LogP contribution in [-0.2, 0) is 19.1 Å². The van der Waals surface area contributed by atoms with Gasteiger partial charge in [-0.2, -0.15) is 0 Å². The number of hydrogen-bond acceptors (Lipinski definition) is 4. The van der Waals surface area contributed by atoms with Crippen LogP contribution < -0.4 is 0 Å². The van der Waals surface area contributed by atoms with Crippen LogP contribution in [0.2, 0.25) is 0 Å². The van der Waals surface area contributed by atoms with Gasteiger partial charge in [0.25, 0.3) is 0 Å². The largest absolute Gasteiger partial charge is 0.459 e. The predicted octanol–water partition coefficient (Wildman–Crippen LogP) is 3.17. The van der Waals surface area contributed by atoms with Crippen LogP contribution in [0.25, 0.3) is 0 Å². The normalized spacial score (nSPS) is 19.2. The Morgan fingerprint density at radius 1 is 1.05 bits per heavy atom. The van der Waals surface area contributed by atoms with Crippen LogP contribution in [0.5, 0.6) is 0 Å². The summed E-state index contributed by atoms with van der Waals surface area (Å²) in [6.45, 7) is 9.16. The van der Waals surface area contributed by atoms with Gasteiger partial charge in [0.2, 0.25) is 0 Å². The van der Waals surface area contributed by atoms with E-state index in [1.54, 1.807) is 33.8 Å². The van der Waals surface area contributed by atoms with E-state index in [2.05, 4.69) is 0 Å². The average molecular weight is 280 g/mol. The molecule has 0 radical (unpaired) electrons. The Bertz CT molecular complexity index is 430. The molecule has 0 spiro atoms. The molecule has 1 aliphatic rings. The van der Waals surface area contributed by atoms with E-state index in [1.165, 1.54) is 0 Å². The van der Waals surface area contributed by atoms with Gasteiger partial charge in [0.15, 0.2) is 0 Å². The van der Waals surface area contributed by atoms with Gasteiger partial charge in [-0.1, -0.05) is 19.1 Å². The Kier molecular flexibility index (Phi) is 5.99. The van der Waals surface area contributed by atoms with Crippen LogP contribution in [0.4, 0.5) is 0 Å². The summed E-state index contributed by atoms with van der Waals surface area (Å²) in [4.78, 5) is 24.3. The number of ether oxygens (including phenoxy) is 2. The molecule has 0 bridgehead atoms. The van der Waals surface area contributed by atoms with Crippen molar-refractivity contribution in [2.45, 2.75) is 59.7 Å². The van der Waals surface area contributed by atoms with Crippen molar-refractivity contribution in [2.75, 3.05) is 0 Å². The molecule has 1 aliphatic carbocycles. The zero-order chi connectivity index (χ0) is 15.3. The van der Waals surface area contributed by atoms with Crippen LogP contribution in [0.3, 0.4) is 0 Å². The SMILES string of the molecule is CC1C=C(C(=O)OC(C)C)C(C(=O)OC(C)C)=CCC1. The quantitative estimate of drug-likeness (QED) is 0.742. The third-order valence-electron chi connectivity index (χ3n) is 2.84. The number of allylic oxidation sites excluding steroid dienone is 2. The summed E-state index contributed by atoms with van der Waals surface area (Å²) in [7, 11) is 0. The van der Waals surface area contributed by atoms with Crippen LogP contribution in [0.15, 0.2) is 23.3 Å². The molecule has 4 nitrogen and oxygen atoms in total. The number of esters is 2. The van der Waals surface area contributed by atoms with Gasteiger partial charge in [-0.15, -0.1) is 0 Å². The molecule has 0 saturated heterocycles. The summed E-state index contributed by atoms with van der Waals surface area (Å²) in [6, 6.07) is 0. The van der Waals surface area contributed by atoms with E-state index in [0.717, 1.165) is 12.8 Å². The van der Waals surface area contributed by atoms with Crippen molar-refractivity contribution in [1.82, 2.24) is 0 Å². The first-order valence-electron chi connectivity index (χ1n) is 7.15. The summed E-state index contributed by atoms with van der Waals surface area (Å²) < 4.78 is 10.4. The second-order valence-corrected chi connectivity index (χ2v) is 5.66. The van der Waals surface area contributed by atoms with E-state index in [4.69, 9.17) is 9.47 Å². The number of carbonyl (C=O) groups excluding carboxylic acids is 2. The highest BCUT2D eigenvalue weighted by atomic mass is 16.5. The minimum absolute atomic E-state index is 0.216. The molecule has 0 amide bonds. The van der Waals surface area contributed by atoms with Crippen molar-refractivity contribution in [2.24, 2.45) is 5.92 Å². The van der Waals surface area contributed by atoms with Crippen molar-refractivity contribution in [1.29, 1.82) is 0 Å². The van der Waals surface area contributed by atoms with Gasteiger partial charge < -0.3 is 9.47 Å². The van der Waals surface area contributed by atoms with E-state index in [9.17, 15) is 9.59 Å². The van der Waals surface area contributed by atoms with Gasteiger partial charge in [-0.05, 0) is 46.5 Å². The lowest BCUT2D eigenvalue weighted by molar-refractivity contribution is -0.146. The van der Waals surface area contributed by atoms with Crippen molar-refractivity contribution in [3.05, 3.63) is 23.3 Å². The molecule has 112 valence electrons. The summed E-state index contributed by atoms with van der Waals surface area (Å²) in [5, 5.41) is 0. The zero-order valence-electron chi connectivity index (χ0n) is 12.9. The zero-order valence-corrected chi connectivity index (χ0v) is 12.9. The fourth-order valence-electron chi connectivity index (χ4n) is 1.98. The maximum Gasteiger partial charge on any atom is 0.338 e. The lowest BCUT2D eigenvalue weighted by Gasteiger charge is -2.15. The van der Waals surface area contributed by atoms with Gasteiger partial charge in [0.05, 0.1) is 23.4 Å². The van der Waals surface area contributed by atoms with Crippen LogP contribution in [0, 0.1) is 5.92 Å². The maximum atomic E-state index is 12.2. The number of carbonyl (C=O) groups is 2. The molecule has 0 N–H and O–H groups in total. The topological polar surface area (TPSA) is 52.6 Å². The first-order valence-corrected chi connectivity index (χ1v) is 7.15. The lowest BCUT2D eigenvalue weighted by atomic mass is 10.0. The monoisotopic (exact) mass is 280 g/mol. The molecule has 0 aromatic rings. The second kappa shape index (κ2) is 7.27. The van der Waals surface area contributed by atoms with Crippen molar-refractivity contribution >= 4 is 11.9 Å². The van der Waals surface area contributed by atoms with E-state index in [-0.39, 0.29) is 18.1 Å². The van der Waals surface area contributed by atoms with Gasteiger partial charge in [0.1, 0.15) is 0 Å². The Balaban J connectivity index is 3.03. The minimum Gasteiger partial charge on any atom is -0.459 e. The molecule has 0 fully saturated rings. The van der Waals surface area contributed by atoms with Crippen molar-refractivity contribution < 1.29 is 19.1 Å². The molecule has 4 heteroatoms. The Morgan fingerprint density at radius 3 is 2.05 bits per heavy atom. The highest BCUT2D eigenvalue weighted by molar-refractivity contribution is 6.07. The number of hydrogen-bond donors (Lipinski definition) is 0. The maximum absolute atomic E-state index is 12.2. The molecule has 0 aliphatic heterocycles. The minimum atomic E-state index is -0.458. The first kappa shape index (κ1) is 16.5. The molecule has 1 rings (SSSR count). The highest BCUT2D eigenvalue weighted by Gasteiger charge is 2.26. The van der Waals surface area contributed by atoms with Gasteiger partial charge in [-0.25, -0.2) is 9.59 Å². The lowest BCUT2D eigenvalue weighted by Crippen LogP contribution is -2.21. The average Bonchev–Trinajstić information content (AvgIpc) is 2.49. The summed E-state index contributed by atoms with van der Waals surface area (Å²) in [5.41, 5.74) is 0.656. The fraction of sp³-hybridized carbons (Fsp3) is 0.625. The molecule has 0 aromatic heterocycles. The molecule has 0 aromatic carbocycles. The summed E-state index contributed by atoms with van der Waals surface area (Å²) >= 11 is 0. The molecular weight excluding hydrogens is 256 g/mol. The van der Waals surface area contributed by atoms with E-state index in [1.807, 2.05) is 13.0 Å². The molecule has 0 heterocycles. The molecule has 1 unspecified atom stereocenters. The second-order valence-electron chi connectivity index (χ2n) is 5.66. The van der Waals surface area contributed by atoms with Crippen molar-refractivity contribution in [3.8, 4) is 0 Å². The molecule has 1 atom stereocenters. The third kappa shape index (κ3) is 4.83. The fourth-order valence-corrected chi connectivity index (χ4v) is 1.98. The van der Waals surface area contributed by atoms with E-state index in [0.29, 0.717) is 11.1 Å². The van der Waals surface area contributed by atoms with E-state index >= 15 is 0 Å². The van der Waals surface area contributed by atoms with Crippen LogP contribution >= 0.6 is 0 Å². The molecule has 0 saturated carbocycles. The highest BCUT2D eigenvalue weighted by Crippen LogP contribution is 2.25. The van der Waals surface area contributed by atoms with Gasteiger partial charge >= 0.3 is 11.9 Å². The first-order chi connectivity index (χ1) is 9.31. The predicted molar refractivity (Wildman–Crippen MR) is 77.0 cm³/mol. The summed E-state index contributed by atoms with van der Waals surface area (Å²) in [6.07, 6.45) is 4.80. The Morgan fingerprint density at radius 2 is 1.55 bits per heavy atom. The van der Waals surface area contributed by atoms with Gasteiger partial charge in [0, 0.05) is 0 Å². The smallest absolute Gasteiger partial charge is 0.338 e. The Labute approximate surface area is 120 Å². The third-order valence-corrected chi connectivity index (χ3v) is 2.84. The molecular formula is C16H24O4. The van der Waals surface area contributed by atoms with E-state index < -0.39 is 11.9 Å². The van der Waals surface area contributed by atoms with Gasteiger partial charge in [-0.3, -0.25) is 0 Å². The Hall–Kier alpha value is -1.58. The molecule has 20 heavy (non-hydrogen) atoms.